The molecule has 0 atom stereocenters. The predicted octanol–water partition coefficient (Wildman–Crippen LogP) is 4.81. The van der Waals surface area contributed by atoms with Crippen molar-refractivity contribution in [2.24, 2.45) is 7.05 Å². The van der Waals surface area contributed by atoms with Gasteiger partial charge in [-0.15, -0.1) is 0 Å². The summed E-state index contributed by atoms with van der Waals surface area (Å²) in [7, 11) is 1.88. The van der Waals surface area contributed by atoms with Crippen molar-refractivity contribution in [1.82, 2.24) is 14.1 Å². The molecule has 0 saturated carbocycles. The summed E-state index contributed by atoms with van der Waals surface area (Å²) in [5, 5.41) is 1.35. The maximum absolute atomic E-state index is 13.4. The highest BCUT2D eigenvalue weighted by molar-refractivity contribution is 9.10. The number of carbonyl (C=O) groups excluding carboxylic acids is 1. The van der Waals surface area contributed by atoms with Crippen LogP contribution in [0, 0.1) is 0 Å². The zero-order valence-corrected chi connectivity index (χ0v) is 17.8. The van der Waals surface area contributed by atoms with E-state index < -0.39 is 0 Å². The molecule has 4 aromatic rings. The summed E-state index contributed by atoms with van der Waals surface area (Å²) in [4.78, 5) is 30.9. The van der Waals surface area contributed by atoms with Crippen LogP contribution in [0.25, 0.3) is 21.9 Å². The Kier molecular flexibility index (Phi) is 5.20. The van der Waals surface area contributed by atoms with Crippen LogP contribution in [-0.2, 0) is 13.6 Å². The molecule has 0 aliphatic heterocycles. The summed E-state index contributed by atoms with van der Waals surface area (Å²) >= 11 is 3.51. The highest BCUT2D eigenvalue weighted by atomic mass is 79.9. The third kappa shape index (κ3) is 3.56. The Hall–Kier alpha value is -2.99. The summed E-state index contributed by atoms with van der Waals surface area (Å²) in [6, 6.07) is 15.3. The van der Waals surface area contributed by atoms with E-state index in [9.17, 15) is 9.59 Å². The Bertz CT molecular complexity index is 1270. The molecule has 146 valence electrons. The van der Waals surface area contributed by atoms with Gasteiger partial charge in [0.2, 0.25) is 0 Å². The number of halogens is 1. The van der Waals surface area contributed by atoms with Crippen LogP contribution in [0.3, 0.4) is 0 Å². The molecule has 0 aliphatic carbocycles. The van der Waals surface area contributed by atoms with Gasteiger partial charge in [0.25, 0.3) is 5.56 Å². The van der Waals surface area contributed by atoms with E-state index in [1.54, 1.807) is 10.9 Å². The van der Waals surface area contributed by atoms with Gasteiger partial charge in [-0.2, -0.15) is 0 Å². The fraction of sp³-hybridized carbons (Fsp3) is 0.174. The number of benzene rings is 2. The molecule has 29 heavy (non-hydrogen) atoms. The highest BCUT2D eigenvalue weighted by Gasteiger charge is 2.23. The molecular formula is C23H20BrN3O2. The number of rotatable bonds is 5. The smallest absolute Gasteiger partial charge is 0.259 e. The average Bonchev–Trinajstić information content (AvgIpc) is 3.14. The van der Waals surface area contributed by atoms with E-state index >= 15 is 0 Å². The van der Waals surface area contributed by atoms with Crippen molar-refractivity contribution in [3.05, 3.63) is 87.3 Å². The van der Waals surface area contributed by atoms with Crippen LogP contribution < -0.4 is 5.56 Å². The molecule has 0 fully saturated rings. The molecule has 0 saturated heterocycles. The van der Waals surface area contributed by atoms with Gasteiger partial charge < -0.3 is 4.57 Å². The van der Waals surface area contributed by atoms with Gasteiger partial charge in [0.15, 0.2) is 5.78 Å². The summed E-state index contributed by atoms with van der Waals surface area (Å²) in [6.45, 7) is 2.06. The minimum atomic E-state index is -0.186. The van der Waals surface area contributed by atoms with Crippen LogP contribution in [0.2, 0.25) is 0 Å². The largest absolute Gasteiger partial charge is 0.340 e. The molecule has 0 amide bonds. The van der Waals surface area contributed by atoms with Gasteiger partial charge in [0.1, 0.15) is 0 Å². The first kappa shape index (κ1) is 19.3. The number of ketones is 1. The van der Waals surface area contributed by atoms with E-state index in [2.05, 4.69) is 20.9 Å². The lowest BCUT2D eigenvalue weighted by atomic mass is 9.94. The first-order valence-corrected chi connectivity index (χ1v) is 10.2. The van der Waals surface area contributed by atoms with Crippen LogP contribution in [0.5, 0.6) is 0 Å². The van der Waals surface area contributed by atoms with Gasteiger partial charge in [-0.3, -0.25) is 14.2 Å². The molecule has 0 radical (unpaired) electrons. The Morgan fingerprint density at radius 2 is 1.86 bits per heavy atom. The number of hydrogen-bond acceptors (Lipinski definition) is 3. The van der Waals surface area contributed by atoms with E-state index in [1.807, 2.05) is 73.3 Å². The number of aryl methyl sites for hydroxylation is 1. The molecule has 4 rings (SSSR count). The van der Waals surface area contributed by atoms with Crippen molar-refractivity contribution in [3.8, 4) is 11.1 Å². The highest BCUT2D eigenvalue weighted by Crippen LogP contribution is 2.33. The van der Waals surface area contributed by atoms with Gasteiger partial charge >= 0.3 is 0 Å². The molecule has 0 spiro atoms. The standard InChI is InChI=1S/C23H20BrN3O2/c1-3-20(28)22-21(15-7-5-4-6-8-15)19-11-16(24)9-10-18(19)23(29)27(22)13-17-12-26(2)14-25-17/h4-12,14H,3,13H2,1-2H3. The maximum Gasteiger partial charge on any atom is 0.259 e. The predicted molar refractivity (Wildman–Crippen MR) is 118 cm³/mol. The van der Waals surface area contributed by atoms with Crippen LogP contribution in [0.15, 0.2) is 70.3 Å². The van der Waals surface area contributed by atoms with E-state index in [-0.39, 0.29) is 17.9 Å². The van der Waals surface area contributed by atoms with Crippen molar-refractivity contribution in [2.45, 2.75) is 19.9 Å². The van der Waals surface area contributed by atoms with Gasteiger partial charge in [0.05, 0.1) is 24.3 Å². The van der Waals surface area contributed by atoms with Crippen LogP contribution >= 0.6 is 15.9 Å². The van der Waals surface area contributed by atoms with Gasteiger partial charge in [0, 0.05) is 35.1 Å². The molecule has 0 N–H and O–H groups in total. The summed E-state index contributed by atoms with van der Waals surface area (Å²) < 4.78 is 4.27. The summed E-state index contributed by atoms with van der Waals surface area (Å²) in [5.41, 5.74) is 2.66. The van der Waals surface area contributed by atoms with Gasteiger partial charge in [-0.25, -0.2) is 4.98 Å². The molecule has 2 aromatic carbocycles. The molecule has 0 aliphatic rings. The molecular weight excluding hydrogens is 430 g/mol. The third-order valence-corrected chi connectivity index (χ3v) is 5.45. The van der Waals surface area contributed by atoms with Crippen molar-refractivity contribution in [2.75, 3.05) is 0 Å². The zero-order chi connectivity index (χ0) is 20.5. The number of hydrogen-bond donors (Lipinski definition) is 0. The van der Waals surface area contributed by atoms with Crippen LogP contribution in [0.4, 0.5) is 0 Å². The minimum absolute atomic E-state index is 0.0706. The molecule has 0 bridgehead atoms. The second-order valence-electron chi connectivity index (χ2n) is 6.98. The fourth-order valence-electron chi connectivity index (χ4n) is 3.64. The lowest BCUT2D eigenvalue weighted by molar-refractivity contribution is 0.0979. The number of carbonyl (C=O) groups is 1. The molecule has 2 aromatic heterocycles. The number of pyridine rings is 1. The minimum Gasteiger partial charge on any atom is -0.340 e. The Labute approximate surface area is 176 Å². The third-order valence-electron chi connectivity index (χ3n) is 4.96. The lowest BCUT2D eigenvalue weighted by Crippen LogP contribution is -2.28. The molecule has 0 unspecified atom stereocenters. The van der Waals surface area contributed by atoms with E-state index in [4.69, 9.17) is 0 Å². The van der Waals surface area contributed by atoms with Crippen LogP contribution in [0.1, 0.15) is 29.5 Å². The topological polar surface area (TPSA) is 56.9 Å². The Balaban J connectivity index is 2.13. The number of Topliss-reactive ketones (excluding diaryl/α,β-unsaturated/α-hetero) is 1. The lowest BCUT2D eigenvalue weighted by Gasteiger charge is -2.19. The van der Waals surface area contributed by atoms with E-state index in [0.29, 0.717) is 17.5 Å². The average molecular weight is 450 g/mol. The number of aromatic nitrogens is 3. The normalized spacial score (nSPS) is 11.1. The van der Waals surface area contributed by atoms with E-state index in [1.165, 1.54) is 0 Å². The zero-order valence-electron chi connectivity index (χ0n) is 16.2. The Morgan fingerprint density at radius 3 is 2.52 bits per heavy atom. The summed E-state index contributed by atoms with van der Waals surface area (Å²) in [6.07, 6.45) is 3.86. The van der Waals surface area contributed by atoms with E-state index in [0.717, 1.165) is 26.7 Å². The molecule has 6 heteroatoms. The van der Waals surface area contributed by atoms with Crippen LogP contribution in [-0.4, -0.2) is 19.9 Å². The number of fused-ring (bicyclic) bond motifs is 1. The summed E-state index contributed by atoms with van der Waals surface area (Å²) in [5.74, 6) is -0.0706. The number of nitrogens with zero attached hydrogens (tertiary/aromatic N) is 3. The second kappa shape index (κ2) is 7.79. The first-order chi connectivity index (χ1) is 14.0. The quantitative estimate of drug-likeness (QED) is 0.411. The van der Waals surface area contributed by atoms with Crippen molar-refractivity contribution >= 4 is 32.5 Å². The van der Waals surface area contributed by atoms with Crippen molar-refractivity contribution in [3.63, 3.8) is 0 Å². The number of imidazole rings is 1. The Morgan fingerprint density at radius 1 is 1.10 bits per heavy atom. The SMILES string of the molecule is CCC(=O)c1c(-c2ccccc2)c2cc(Br)ccc2c(=O)n1Cc1cn(C)cn1. The van der Waals surface area contributed by atoms with Gasteiger partial charge in [-0.1, -0.05) is 53.2 Å². The molecule has 2 heterocycles. The van der Waals surface area contributed by atoms with Crippen molar-refractivity contribution in [1.29, 1.82) is 0 Å². The fourth-order valence-corrected chi connectivity index (χ4v) is 4.00. The molecule has 5 nitrogen and oxygen atoms in total. The monoisotopic (exact) mass is 449 g/mol. The van der Waals surface area contributed by atoms with Gasteiger partial charge in [-0.05, 0) is 29.1 Å². The second-order valence-corrected chi connectivity index (χ2v) is 7.89. The maximum atomic E-state index is 13.4. The van der Waals surface area contributed by atoms with Crippen molar-refractivity contribution < 1.29 is 4.79 Å². The first-order valence-electron chi connectivity index (χ1n) is 9.41.